The second kappa shape index (κ2) is 8.71. The normalized spacial score (nSPS) is 15.0. The highest BCUT2D eigenvalue weighted by Crippen LogP contribution is 2.19. The Bertz CT molecular complexity index is 932. The molecule has 0 spiro atoms. The first-order valence-electron chi connectivity index (χ1n) is 9.55. The Morgan fingerprint density at radius 3 is 2.39 bits per heavy atom. The van der Waals surface area contributed by atoms with Gasteiger partial charge < -0.3 is 9.47 Å². The van der Waals surface area contributed by atoms with Gasteiger partial charge in [-0.25, -0.2) is 4.98 Å². The second-order valence-electron chi connectivity index (χ2n) is 6.92. The smallest absolute Gasteiger partial charge is 0.255 e. The third kappa shape index (κ3) is 4.18. The third-order valence-electron chi connectivity index (χ3n) is 5.17. The van der Waals surface area contributed by atoms with Crippen LogP contribution in [0.1, 0.15) is 10.4 Å². The van der Waals surface area contributed by atoms with E-state index in [2.05, 4.69) is 42.5 Å². The van der Waals surface area contributed by atoms with Crippen LogP contribution in [0.25, 0.3) is 11.4 Å². The van der Waals surface area contributed by atoms with Crippen LogP contribution in [0.15, 0.2) is 71.5 Å². The molecule has 2 heterocycles. The van der Waals surface area contributed by atoms with E-state index in [0.717, 1.165) is 60.7 Å². The number of carbonyl (C=O) groups excluding carboxylic acids is 1. The molecule has 3 aromatic rings. The first kappa shape index (κ1) is 18.9. The Morgan fingerprint density at radius 1 is 0.929 bits per heavy atom. The molecular weight excluding hydrogens is 416 g/mol. The van der Waals surface area contributed by atoms with Crippen molar-refractivity contribution in [2.75, 3.05) is 32.7 Å². The number of aromatic nitrogens is 2. The fourth-order valence-corrected chi connectivity index (χ4v) is 4.02. The Kier molecular flexibility index (Phi) is 5.88. The van der Waals surface area contributed by atoms with E-state index in [9.17, 15) is 4.79 Å². The van der Waals surface area contributed by atoms with Crippen LogP contribution in [0.5, 0.6) is 0 Å². The molecule has 6 heteroatoms. The Morgan fingerprint density at radius 2 is 1.64 bits per heavy atom. The molecule has 0 atom stereocenters. The number of rotatable bonds is 5. The summed E-state index contributed by atoms with van der Waals surface area (Å²) in [6.07, 6.45) is 3.89. The second-order valence-corrected chi connectivity index (χ2v) is 7.78. The molecule has 0 bridgehead atoms. The van der Waals surface area contributed by atoms with Gasteiger partial charge in [-0.15, -0.1) is 0 Å². The van der Waals surface area contributed by atoms with Crippen LogP contribution in [-0.4, -0.2) is 58.0 Å². The van der Waals surface area contributed by atoms with Crippen molar-refractivity contribution in [2.24, 2.45) is 0 Å². The highest BCUT2D eigenvalue weighted by Gasteiger charge is 2.23. The molecule has 28 heavy (non-hydrogen) atoms. The molecule has 1 aliphatic heterocycles. The fraction of sp³-hybridized carbons (Fsp3) is 0.273. The van der Waals surface area contributed by atoms with Crippen LogP contribution in [0, 0.1) is 0 Å². The number of benzene rings is 2. The van der Waals surface area contributed by atoms with Crippen LogP contribution in [-0.2, 0) is 6.54 Å². The van der Waals surface area contributed by atoms with Crippen molar-refractivity contribution < 1.29 is 4.79 Å². The molecule has 0 N–H and O–H groups in total. The largest absolute Gasteiger partial charge is 0.336 e. The summed E-state index contributed by atoms with van der Waals surface area (Å²) < 4.78 is 3.06. The van der Waals surface area contributed by atoms with Gasteiger partial charge in [0.15, 0.2) is 0 Å². The minimum atomic E-state index is 0.105. The van der Waals surface area contributed by atoms with Crippen LogP contribution in [0.2, 0.25) is 0 Å². The molecule has 1 saturated heterocycles. The van der Waals surface area contributed by atoms with Gasteiger partial charge in [0.1, 0.15) is 5.82 Å². The number of amides is 1. The van der Waals surface area contributed by atoms with Gasteiger partial charge in [0.2, 0.25) is 0 Å². The number of hydrogen-bond donors (Lipinski definition) is 0. The SMILES string of the molecule is O=C(c1ccccc1Br)N1CCN(CCn2ccnc2-c2ccccc2)CC1. The van der Waals surface area contributed by atoms with Crippen molar-refractivity contribution in [1.29, 1.82) is 0 Å². The number of piperazine rings is 1. The molecule has 1 amide bonds. The van der Waals surface area contributed by atoms with Gasteiger partial charge in [-0.05, 0) is 28.1 Å². The quantitative estimate of drug-likeness (QED) is 0.608. The molecule has 1 aliphatic rings. The first-order chi connectivity index (χ1) is 13.7. The topological polar surface area (TPSA) is 41.4 Å². The van der Waals surface area contributed by atoms with Crippen LogP contribution >= 0.6 is 15.9 Å². The highest BCUT2D eigenvalue weighted by atomic mass is 79.9. The Hall–Kier alpha value is -2.44. The van der Waals surface area contributed by atoms with Crippen molar-refractivity contribution >= 4 is 21.8 Å². The standard InChI is InChI=1S/C22H23BrN4O/c23-20-9-5-4-8-19(20)22(28)27-16-13-25(14-17-27)12-15-26-11-10-24-21(26)18-6-2-1-3-7-18/h1-11H,12-17H2. The van der Waals surface area contributed by atoms with Crippen molar-refractivity contribution in [3.63, 3.8) is 0 Å². The van der Waals surface area contributed by atoms with E-state index in [0.29, 0.717) is 0 Å². The molecule has 5 nitrogen and oxygen atoms in total. The van der Waals surface area contributed by atoms with E-state index in [4.69, 9.17) is 0 Å². The van der Waals surface area contributed by atoms with Gasteiger partial charge in [0.25, 0.3) is 5.91 Å². The van der Waals surface area contributed by atoms with Gasteiger partial charge in [-0.1, -0.05) is 42.5 Å². The van der Waals surface area contributed by atoms with Crippen molar-refractivity contribution in [1.82, 2.24) is 19.4 Å². The zero-order valence-electron chi connectivity index (χ0n) is 15.7. The summed E-state index contributed by atoms with van der Waals surface area (Å²) in [5.74, 6) is 1.11. The summed E-state index contributed by atoms with van der Waals surface area (Å²) in [5.41, 5.74) is 1.87. The molecule has 0 unspecified atom stereocenters. The van der Waals surface area contributed by atoms with Crippen LogP contribution in [0.3, 0.4) is 0 Å². The van der Waals surface area contributed by atoms with Gasteiger partial charge >= 0.3 is 0 Å². The number of hydrogen-bond acceptors (Lipinski definition) is 3. The zero-order chi connectivity index (χ0) is 19.3. The van der Waals surface area contributed by atoms with Gasteiger partial charge in [-0.2, -0.15) is 0 Å². The lowest BCUT2D eigenvalue weighted by Crippen LogP contribution is -2.49. The van der Waals surface area contributed by atoms with Gasteiger partial charge in [-0.3, -0.25) is 9.69 Å². The summed E-state index contributed by atoms with van der Waals surface area (Å²) in [6.45, 7) is 5.15. The van der Waals surface area contributed by atoms with E-state index in [1.807, 2.05) is 59.8 Å². The molecule has 1 fully saturated rings. The van der Waals surface area contributed by atoms with Gasteiger partial charge in [0, 0.05) is 61.7 Å². The number of carbonyl (C=O) groups is 1. The van der Waals surface area contributed by atoms with E-state index < -0.39 is 0 Å². The maximum Gasteiger partial charge on any atom is 0.255 e. The Balaban J connectivity index is 1.32. The zero-order valence-corrected chi connectivity index (χ0v) is 17.3. The molecule has 144 valence electrons. The predicted molar refractivity (Wildman–Crippen MR) is 114 cm³/mol. The average molecular weight is 439 g/mol. The lowest BCUT2D eigenvalue weighted by molar-refractivity contribution is 0.0632. The third-order valence-corrected chi connectivity index (χ3v) is 5.86. The van der Waals surface area contributed by atoms with Crippen LogP contribution < -0.4 is 0 Å². The first-order valence-corrected chi connectivity index (χ1v) is 10.3. The molecular formula is C22H23BrN4O. The fourth-order valence-electron chi connectivity index (χ4n) is 3.57. The molecule has 1 aromatic heterocycles. The van der Waals surface area contributed by atoms with E-state index in [1.165, 1.54) is 0 Å². The maximum atomic E-state index is 12.7. The number of nitrogens with zero attached hydrogens (tertiary/aromatic N) is 4. The summed E-state index contributed by atoms with van der Waals surface area (Å²) in [6, 6.07) is 17.9. The molecule has 2 aromatic carbocycles. The molecule has 0 radical (unpaired) electrons. The minimum absolute atomic E-state index is 0.105. The van der Waals surface area contributed by atoms with E-state index >= 15 is 0 Å². The van der Waals surface area contributed by atoms with Gasteiger partial charge in [0.05, 0.1) is 5.56 Å². The summed E-state index contributed by atoms with van der Waals surface area (Å²) in [7, 11) is 0. The lowest BCUT2D eigenvalue weighted by atomic mass is 10.2. The number of halogens is 1. The van der Waals surface area contributed by atoms with Crippen LogP contribution in [0.4, 0.5) is 0 Å². The van der Waals surface area contributed by atoms with E-state index in [1.54, 1.807) is 0 Å². The minimum Gasteiger partial charge on any atom is -0.336 e. The monoisotopic (exact) mass is 438 g/mol. The van der Waals surface area contributed by atoms with E-state index in [-0.39, 0.29) is 5.91 Å². The maximum absolute atomic E-state index is 12.7. The predicted octanol–water partition coefficient (Wildman–Crippen LogP) is 3.77. The lowest BCUT2D eigenvalue weighted by Gasteiger charge is -2.35. The highest BCUT2D eigenvalue weighted by molar-refractivity contribution is 9.10. The summed E-state index contributed by atoms with van der Waals surface area (Å²) in [5, 5.41) is 0. The van der Waals surface area contributed by atoms with Crippen molar-refractivity contribution in [2.45, 2.75) is 6.54 Å². The van der Waals surface area contributed by atoms with Crippen molar-refractivity contribution in [3.8, 4) is 11.4 Å². The van der Waals surface area contributed by atoms with Crippen molar-refractivity contribution in [3.05, 3.63) is 77.0 Å². The molecule has 4 rings (SSSR count). The Labute approximate surface area is 173 Å². The number of imidazole rings is 1. The summed E-state index contributed by atoms with van der Waals surface area (Å²) in [4.78, 5) is 21.6. The molecule has 0 aliphatic carbocycles. The average Bonchev–Trinajstić information content (AvgIpc) is 3.22. The molecule has 0 saturated carbocycles. The summed E-state index contributed by atoms with van der Waals surface area (Å²) >= 11 is 3.48.